The first kappa shape index (κ1) is 24.2. The van der Waals surface area contributed by atoms with Gasteiger partial charge in [-0.05, 0) is 61.4 Å². The minimum absolute atomic E-state index is 0.0221. The molecule has 0 atom stereocenters. The minimum atomic E-state index is -4.13. The molecule has 1 aliphatic rings. The maximum absolute atomic E-state index is 14.6. The lowest BCUT2D eigenvalue weighted by Crippen LogP contribution is -2.49. The second-order valence-electron chi connectivity index (χ2n) is 8.26. The van der Waals surface area contributed by atoms with Gasteiger partial charge < -0.3 is 10.2 Å². The molecular weight excluding hydrogens is 477 g/mol. The Morgan fingerprint density at radius 2 is 1.68 bits per heavy atom. The predicted octanol–water partition coefficient (Wildman–Crippen LogP) is 4.86. The normalized spacial score (nSPS) is 14.8. The molecule has 0 radical (unpaired) electrons. The number of aryl methyl sites for hydroxylation is 2. The highest BCUT2D eigenvalue weighted by molar-refractivity contribution is 7.89. The maximum atomic E-state index is 14.6. The lowest BCUT2D eigenvalue weighted by atomic mass is 10.1. The quantitative estimate of drug-likeness (QED) is 0.542. The van der Waals surface area contributed by atoms with Crippen molar-refractivity contribution in [1.82, 2.24) is 4.31 Å². The van der Waals surface area contributed by atoms with E-state index in [0.717, 1.165) is 28.9 Å². The third-order valence-corrected chi connectivity index (χ3v) is 8.12. The van der Waals surface area contributed by atoms with E-state index in [1.807, 2.05) is 26.0 Å². The number of carbonyl (C=O) groups is 1. The van der Waals surface area contributed by atoms with Crippen LogP contribution in [-0.2, 0) is 10.0 Å². The molecule has 1 saturated heterocycles. The molecule has 3 aromatic rings. The summed E-state index contributed by atoms with van der Waals surface area (Å²) in [6.07, 6.45) is 0. The van der Waals surface area contributed by atoms with Gasteiger partial charge in [0, 0.05) is 37.4 Å². The van der Waals surface area contributed by atoms with Crippen LogP contribution in [0.1, 0.15) is 21.5 Å². The number of nitrogens with one attached hydrogen (secondary N) is 1. The third-order valence-electron chi connectivity index (χ3n) is 5.88. The molecule has 0 bridgehead atoms. The Kier molecular flexibility index (Phi) is 6.93. The van der Waals surface area contributed by atoms with Crippen molar-refractivity contribution in [3.8, 4) is 0 Å². The van der Waals surface area contributed by atoms with Crippen molar-refractivity contribution >= 4 is 38.9 Å². The SMILES string of the molecule is Cc1ccc(C)c(N2CCN(S(=O)(=O)c3cc(C(=O)Nc4ccccc4Cl)ccc3F)CC2)c1. The van der Waals surface area contributed by atoms with E-state index >= 15 is 0 Å². The van der Waals surface area contributed by atoms with Gasteiger partial charge in [-0.25, -0.2) is 12.8 Å². The van der Waals surface area contributed by atoms with Crippen molar-refractivity contribution < 1.29 is 17.6 Å². The van der Waals surface area contributed by atoms with Crippen molar-refractivity contribution in [2.75, 3.05) is 36.4 Å². The van der Waals surface area contributed by atoms with Crippen molar-refractivity contribution in [1.29, 1.82) is 0 Å². The molecule has 4 rings (SSSR count). The zero-order valence-corrected chi connectivity index (χ0v) is 20.5. The molecule has 0 saturated carbocycles. The zero-order valence-electron chi connectivity index (χ0n) is 18.9. The predicted molar refractivity (Wildman–Crippen MR) is 133 cm³/mol. The van der Waals surface area contributed by atoms with Gasteiger partial charge in [-0.15, -0.1) is 0 Å². The van der Waals surface area contributed by atoms with Crippen molar-refractivity contribution in [3.63, 3.8) is 0 Å². The largest absolute Gasteiger partial charge is 0.369 e. The first-order valence-corrected chi connectivity index (χ1v) is 12.7. The second kappa shape index (κ2) is 9.74. The fourth-order valence-corrected chi connectivity index (χ4v) is 5.66. The lowest BCUT2D eigenvalue weighted by Gasteiger charge is -2.36. The maximum Gasteiger partial charge on any atom is 0.255 e. The van der Waals surface area contributed by atoms with Gasteiger partial charge >= 0.3 is 0 Å². The number of hydrogen-bond donors (Lipinski definition) is 1. The Morgan fingerprint density at radius 3 is 2.38 bits per heavy atom. The molecule has 0 spiro atoms. The van der Waals surface area contributed by atoms with Crippen LogP contribution in [0.5, 0.6) is 0 Å². The number of piperazine rings is 1. The van der Waals surface area contributed by atoms with E-state index in [4.69, 9.17) is 11.6 Å². The van der Waals surface area contributed by atoms with E-state index in [1.54, 1.807) is 24.3 Å². The highest BCUT2D eigenvalue weighted by Gasteiger charge is 2.31. The number of halogens is 2. The summed E-state index contributed by atoms with van der Waals surface area (Å²) in [5.74, 6) is -1.48. The molecule has 3 aromatic carbocycles. The van der Waals surface area contributed by atoms with Crippen molar-refractivity contribution in [2.45, 2.75) is 18.7 Å². The highest BCUT2D eigenvalue weighted by Crippen LogP contribution is 2.27. The molecule has 178 valence electrons. The fraction of sp³-hybridized carbons (Fsp3) is 0.240. The number of carbonyl (C=O) groups excluding carboxylic acids is 1. The minimum Gasteiger partial charge on any atom is -0.369 e. The number of benzene rings is 3. The fourth-order valence-electron chi connectivity index (χ4n) is 3.97. The number of para-hydroxylation sites is 1. The smallest absolute Gasteiger partial charge is 0.255 e. The van der Waals surface area contributed by atoms with E-state index in [-0.39, 0.29) is 18.7 Å². The van der Waals surface area contributed by atoms with Gasteiger partial charge in [-0.3, -0.25) is 4.79 Å². The number of hydrogen-bond acceptors (Lipinski definition) is 4. The molecular formula is C25H25ClFN3O3S. The van der Waals surface area contributed by atoms with E-state index in [1.165, 1.54) is 10.4 Å². The molecule has 0 aliphatic carbocycles. The van der Waals surface area contributed by atoms with Gasteiger partial charge in [0.25, 0.3) is 5.91 Å². The molecule has 1 fully saturated rings. The van der Waals surface area contributed by atoms with Crippen LogP contribution in [0.3, 0.4) is 0 Å². The topological polar surface area (TPSA) is 69.7 Å². The number of sulfonamides is 1. The van der Waals surface area contributed by atoms with Gasteiger partial charge in [-0.1, -0.05) is 35.9 Å². The van der Waals surface area contributed by atoms with E-state index in [0.29, 0.717) is 23.8 Å². The van der Waals surface area contributed by atoms with Gasteiger partial charge in [0.05, 0.1) is 10.7 Å². The summed E-state index contributed by atoms with van der Waals surface area (Å²) in [6.45, 7) is 5.43. The van der Waals surface area contributed by atoms with Crippen LogP contribution in [0.2, 0.25) is 5.02 Å². The molecule has 0 aromatic heterocycles. The van der Waals surface area contributed by atoms with Crippen LogP contribution in [0.25, 0.3) is 0 Å². The lowest BCUT2D eigenvalue weighted by molar-refractivity contribution is 0.102. The Balaban J connectivity index is 1.53. The first-order chi connectivity index (χ1) is 16.2. The van der Waals surface area contributed by atoms with Crippen molar-refractivity contribution in [3.05, 3.63) is 88.2 Å². The monoisotopic (exact) mass is 501 g/mol. The molecule has 1 aliphatic heterocycles. The zero-order chi connectivity index (χ0) is 24.5. The Morgan fingerprint density at radius 1 is 0.971 bits per heavy atom. The number of nitrogens with zero attached hydrogens (tertiary/aromatic N) is 2. The van der Waals surface area contributed by atoms with Crippen LogP contribution in [0.15, 0.2) is 65.6 Å². The van der Waals surface area contributed by atoms with E-state index in [9.17, 15) is 17.6 Å². The van der Waals surface area contributed by atoms with Crippen molar-refractivity contribution in [2.24, 2.45) is 0 Å². The number of rotatable bonds is 5. The average Bonchev–Trinajstić information content (AvgIpc) is 2.82. The summed E-state index contributed by atoms with van der Waals surface area (Å²) in [5.41, 5.74) is 3.72. The molecule has 1 N–H and O–H groups in total. The van der Waals surface area contributed by atoms with Gasteiger partial charge in [-0.2, -0.15) is 4.31 Å². The van der Waals surface area contributed by atoms with Crippen LogP contribution < -0.4 is 10.2 Å². The first-order valence-electron chi connectivity index (χ1n) is 10.8. The Hall–Kier alpha value is -2.94. The number of anilines is 2. The summed E-state index contributed by atoms with van der Waals surface area (Å²) in [4.78, 5) is 14.3. The van der Waals surface area contributed by atoms with Crippen LogP contribution in [0, 0.1) is 19.7 Å². The summed E-state index contributed by atoms with van der Waals surface area (Å²) >= 11 is 6.08. The molecule has 9 heteroatoms. The summed E-state index contributed by atoms with van der Waals surface area (Å²) in [5, 5.41) is 2.97. The second-order valence-corrected chi connectivity index (χ2v) is 10.6. The molecule has 34 heavy (non-hydrogen) atoms. The van der Waals surface area contributed by atoms with Gasteiger partial charge in [0.15, 0.2) is 0 Å². The molecule has 6 nitrogen and oxygen atoms in total. The van der Waals surface area contributed by atoms with Crippen LogP contribution in [-0.4, -0.2) is 44.8 Å². The summed E-state index contributed by atoms with van der Waals surface area (Å²) in [7, 11) is -4.13. The van der Waals surface area contributed by atoms with E-state index in [2.05, 4.69) is 16.3 Å². The highest BCUT2D eigenvalue weighted by atomic mass is 35.5. The van der Waals surface area contributed by atoms with Gasteiger partial charge in [0.2, 0.25) is 10.0 Å². The summed E-state index contributed by atoms with van der Waals surface area (Å²) in [6, 6.07) is 16.2. The third kappa shape index (κ3) is 4.94. The average molecular weight is 502 g/mol. The summed E-state index contributed by atoms with van der Waals surface area (Å²) < 4.78 is 42.5. The van der Waals surface area contributed by atoms with Crippen LogP contribution >= 0.6 is 11.6 Å². The Bertz CT molecular complexity index is 1340. The Labute approximate surface area is 204 Å². The van der Waals surface area contributed by atoms with Gasteiger partial charge in [0.1, 0.15) is 10.7 Å². The number of amides is 1. The molecule has 1 heterocycles. The molecule has 1 amide bonds. The van der Waals surface area contributed by atoms with E-state index < -0.39 is 26.6 Å². The standard InChI is InChI=1S/C25H25ClFN3O3S/c1-17-7-8-18(2)23(15-17)29-11-13-30(14-12-29)34(32,33)24-16-19(9-10-21(24)27)25(31)28-22-6-4-3-5-20(22)26/h3-10,15-16H,11-14H2,1-2H3,(H,28,31). The molecule has 0 unspecified atom stereocenters. The van der Waals surface area contributed by atoms with Crippen LogP contribution in [0.4, 0.5) is 15.8 Å².